The Morgan fingerprint density at radius 1 is 0.900 bits per heavy atom. The molecule has 0 saturated carbocycles. The molecule has 2 N–H and O–H groups in total. The fourth-order valence-electron chi connectivity index (χ4n) is 4.35. The van der Waals surface area contributed by atoms with E-state index in [-0.39, 0.29) is 0 Å². The molecule has 2 aliphatic rings. The molecule has 6 nitrogen and oxygen atoms in total. The molecule has 0 amide bonds. The summed E-state index contributed by atoms with van der Waals surface area (Å²) in [6.45, 7) is 13.5. The summed E-state index contributed by atoms with van der Waals surface area (Å²) in [5.41, 5.74) is 2.71. The Morgan fingerprint density at radius 2 is 1.57 bits per heavy atom. The van der Waals surface area contributed by atoms with E-state index >= 15 is 0 Å². The van der Waals surface area contributed by atoms with Gasteiger partial charge in [0.2, 0.25) is 0 Å². The molecule has 1 unspecified atom stereocenters. The van der Waals surface area contributed by atoms with Gasteiger partial charge in [-0.25, -0.2) is 0 Å². The lowest BCUT2D eigenvalue weighted by atomic mass is 10.1. The van der Waals surface area contributed by atoms with Crippen LogP contribution in [0, 0.1) is 5.92 Å². The van der Waals surface area contributed by atoms with Crippen molar-refractivity contribution in [2.45, 2.75) is 39.3 Å². The largest absolute Gasteiger partial charge is 0.356 e. The van der Waals surface area contributed by atoms with Crippen LogP contribution in [0.3, 0.4) is 0 Å². The minimum Gasteiger partial charge on any atom is -0.356 e. The lowest BCUT2D eigenvalue weighted by Gasteiger charge is -2.34. The minimum atomic E-state index is 0.598. The normalized spacial score (nSPS) is 20.8. The highest BCUT2D eigenvalue weighted by atomic mass is 15.2. The van der Waals surface area contributed by atoms with Crippen LogP contribution in [0.2, 0.25) is 0 Å². The molecular formula is C24H42N6. The van der Waals surface area contributed by atoms with E-state index in [0.717, 1.165) is 32.1 Å². The summed E-state index contributed by atoms with van der Waals surface area (Å²) in [6.07, 6.45) is 4.09. The predicted octanol–water partition coefficient (Wildman–Crippen LogP) is 2.22. The second-order valence-corrected chi connectivity index (χ2v) is 9.17. The molecule has 2 heterocycles. The summed E-state index contributed by atoms with van der Waals surface area (Å²) >= 11 is 0. The van der Waals surface area contributed by atoms with Crippen molar-refractivity contribution in [1.82, 2.24) is 25.3 Å². The molecule has 3 rings (SSSR count). The van der Waals surface area contributed by atoms with Gasteiger partial charge in [-0.3, -0.25) is 9.89 Å². The van der Waals surface area contributed by atoms with Crippen LogP contribution in [-0.2, 0) is 13.1 Å². The monoisotopic (exact) mass is 414 g/mol. The van der Waals surface area contributed by atoms with Gasteiger partial charge in [0.15, 0.2) is 5.96 Å². The topological polar surface area (TPSA) is 46.1 Å². The van der Waals surface area contributed by atoms with Crippen LogP contribution in [0.5, 0.6) is 0 Å². The van der Waals surface area contributed by atoms with Crippen LogP contribution in [0.4, 0.5) is 0 Å². The molecule has 6 heteroatoms. The van der Waals surface area contributed by atoms with Crippen LogP contribution in [0.15, 0.2) is 29.3 Å². The first kappa shape index (κ1) is 23.0. The second-order valence-electron chi connectivity index (χ2n) is 9.17. The number of benzene rings is 1. The van der Waals surface area contributed by atoms with Crippen LogP contribution in [0.1, 0.15) is 37.3 Å². The number of aliphatic imine (C=N–C) groups is 1. The first-order valence-corrected chi connectivity index (χ1v) is 11.8. The molecule has 1 atom stereocenters. The third-order valence-electron chi connectivity index (χ3n) is 6.35. The highest BCUT2D eigenvalue weighted by molar-refractivity contribution is 5.79. The van der Waals surface area contributed by atoms with E-state index in [4.69, 9.17) is 0 Å². The first-order valence-electron chi connectivity index (χ1n) is 11.8. The van der Waals surface area contributed by atoms with Gasteiger partial charge in [-0.15, -0.1) is 0 Å². The fraction of sp³-hybridized carbons (Fsp3) is 0.708. The Bertz CT molecular complexity index is 630. The lowest BCUT2D eigenvalue weighted by molar-refractivity contribution is 0.139. The molecule has 30 heavy (non-hydrogen) atoms. The highest BCUT2D eigenvalue weighted by Crippen LogP contribution is 2.13. The molecular weight excluding hydrogens is 372 g/mol. The molecule has 2 saturated heterocycles. The molecule has 1 aromatic rings. The van der Waals surface area contributed by atoms with Crippen molar-refractivity contribution in [2.75, 3.05) is 66.5 Å². The van der Waals surface area contributed by atoms with Gasteiger partial charge in [0.25, 0.3) is 0 Å². The smallest absolute Gasteiger partial charge is 0.191 e. The van der Waals surface area contributed by atoms with Crippen molar-refractivity contribution in [3.8, 4) is 0 Å². The lowest BCUT2D eigenvalue weighted by Crippen LogP contribution is -2.47. The SMILES string of the molecule is CN=C(NCc1ccc(CN2CCCCC2)cc1)NCC(C)CN1CCN(C)CC1. The van der Waals surface area contributed by atoms with Crippen LogP contribution in [-0.4, -0.2) is 87.1 Å². The van der Waals surface area contributed by atoms with Crippen LogP contribution < -0.4 is 10.6 Å². The molecule has 0 aliphatic carbocycles. The number of likely N-dealkylation sites (tertiary alicyclic amines) is 1. The minimum absolute atomic E-state index is 0.598. The van der Waals surface area contributed by atoms with Crippen molar-refractivity contribution in [2.24, 2.45) is 10.9 Å². The summed E-state index contributed by atoms with van der Waals surface area (Å²) < 4.78 is 0. The van der Waals surface area contributed by atoms with Crippen molar-refractivity contribution in [3.05, 3.63) is 35.4 Å². The zero-order valence-corrected chi connectivity index (χ0v) is 19.4. The van der Waals surface area contributed by atoms with E-state index in [0.29, 0.717) is 5.92 Å². The van der Waals surface area contributed by atoms with E-state index in [1.807, 2.05) is 7.05 Å². The van der Waals surface area contributed by atoms with Gasteiger partial charge in [0, 0.05) is 59.4 Å². The van der Waals surface area contributed by atoms with Gasteiger partial charge in [-0.05, 0) is 50.0 Å². The number of nitrogens with zero attached hydrogens (tertiary/aromatic N) is 4. The number of piperidine rings is 1. The van der Waals surface area contributed by atoms with Crippen molar-refractivity contribution >= 4 is 5.96 Å². The Labute approximate surface area is 183 Å². The van der Waals surface area contributed by atoms with Crippen molar-refractivity contribution in [1.29, 1.82) is 0 Å². The molecule has 0 aromatic heterocycles. The van der Waals surface area contributed by atoms with Crippen LogP contribution >= 0.6 is 0 Å². The van der Waals surface area contributed by atoms with Gasteiger partial charge in [0.05, 0.1) is 0 Å². The fourth-order valence-corrected chi connectivity index (χ4v) is 4.35. The predicted molar refractivity (Wildman–Crippen MR) is 127 cm³/mol. The van der Waals surface area contributed by atoms with Gasteiger partial charge in [-0.2, -0.15) is 0 Å². The van der Waals surface area contributed by atoms with Gasteiger partial charge in [-0.1, -0.05) is 37.6 Å². The van der Waals surface area contributed by atoms with E-state index in [9.17, 15) is 0 Å². The summed E-state index contributed by atoms with van der Waals surface area (Å²) in [7, 11) is 4.06. The summed E-state index contributed by atoms with van der Waals surface area (Å²) in [6, 6.07) is 9.05. The summed E-state index contributed by atoms with van der Waals surface area (Å²) in [4.78, 5) is 12.0. The number of guanidine groups is 1. The van der Waals surface area contributed by atoms with E-state index in [1.165, 1.54) is 69.7 Å². The molecule has 0 radical (unpaired) electrons. The maximum Gasteiger partial charge on any atom is 0.191 e. The highest BCUT2D eigenvalue weighted by Gasteiger charge is 2.16. The summed E-state index contributed by atoms with van der Waals surface area (Å²) in [5.74, 6) is 1.48. The van der Waals surface area contributed by atoms with E-state index in [2.05, 4.69) is 68.6 Å². The average molecular weight is 415 g/mol. The number of nitrogens with one attached hydrogen (secondary N) is 2. The third kappa shape index (κ3) is 7.89. The Kier molecular flexibility index (Phi) is 9.43. The first-order chi connectivity index (χ1) is 14.6. The van der Waals surface area contributed by atoms with Crippen LogP contribution in [0.25, 0.3) is 0 Å². The van der Waals surface area contributed by atoms with E-state index in [1.54, 1.807) is 0 Å². The van der Waals surface area contributed by atoms with Gasteiger partial charge >= 0.3 is 0 Å². The summed E-state index contributed by atoms with van der Waals surface area (Å²) in [5, 5.41) is 6.96. The zero-order valence-electron chi connectivity index (χ0n) is 19.4. The third-order valence-corrected chi connectivity index (χ3v) is 6.35. The molecule has 2 fully saturated rings. The molecule has 168 valence electrons. The standard InChI is InChI=1S/C24H42N6/c1-21(19-30-15-13-28(3)14-16-30)17-26-24(25-2)27-18-22-7-9-23(10-8-22)20-29-11-5-4-6-12-29/h7-10,21H,4-6,11-20H2,1-3H3,(H2,25,26,27). The number of hydrogen-bond acceptors (Lipinski definition) is 4. The number of piperazine rings is 1. The number of rotatable bonds is 8. The maximum atomic E-state index is 4.39. The molecule has 1 aromatic carbocycles. The number of hydrogen-bond donors (Lipinski definition) is 2. The maximum absolute atomic E-state index is 4.39. The Hall–Kier alpha value is -1.63. The zero-order chi connectivity index (χ0) is 21.2. The van der Waals surface area contributed by atoms with Crippen molar-refractivity contribution in [3.63, 3.8) is 0 Å². The molecule has 2 aliphatic heterocycles. The molecule has 0 spiro atoms. The Morgan fingerprint density at radius 3 is 2.23 bits per heavy atom. The van der Waals surface area contributed by atoms with Gasteiger partial charge < -0.3 is 20.4 Å². The van der Waals surface area contributed by atoms with Crippen molar-refractivity contribution < 1.29 is 0 Å². The van der Waals surface area contributed by atoms with E-state index < -0.39 is 0 Å². The second kappa shape index (κ2) is 12.3. The quantitative estimate of drug-likeness (QED) is 0.505. The Balaban J connectivity index is 1.35. The number of likely N-dealkylation sites (N-methyl/N-ethyl adjacent to an activating group) is 1. The molecule has 0 bridgehead atoms. The van der Waals surface area contributed by atoms with Gasteiger partial charge in [0.1, 0.15) is 0 Å². The average Bonchev–Trinajstić information content (AvgIpc) is 2.77.